The van der Waals surface area contributed by atoms with Crippen molar-refractivity contribution in [3.63, 3.8) is 0 Å². The van der Waals surface area contributed by atoms with Crippen LogP contribution in [0.1, 0.15) is 0 Å². The van der Waals surface area contributed by atoms with E-state index in [2.05, 4.69) is 4.74 Å². The molecule has 0 amide bonds. The Morgan fingerprint density at radius 2 is 1.47 bits per heavy atom. The summed E-state index contributed by atoms with van der Waals surface area (Å²) < 4.78 is 33.3. The zero-order chi connectivity index (χ0) is 11.5. The van der Waals surface area contributed by atoms with E-state index in [4.69, 9.17) is 4.55 Å². The predicted octanol–water partition coefficient (Wildman–Crippen LogP) is -13.2. The van der Waals surface area contributed by atoms with E-state index in [1.165, 1.54) is 0 Å². The van der Waals surface area contributed by atoms with Crippen LogP contribution in [0.25, 0.3) is 0 Å². The van der Waals surface area contributed by atoms with E-state index < -0.39 is 33.4 Å². The monoisotopic (exact) mass is 295 g/mol. The molecule has 0 aromatic rings. The molecule has 0 aliphatic rings. The number of carboxylic acid groups (broad SMARTS) is 2. The van der Waals surface area contributed by atoms with Crippen LogP contribution in [0.15, 0.2) is 0 Å². The van der Waals surface area contributed by atoms with Crippen LogP contribution in [-0.2, 0) is 24.4 Å². The second-order valence-corrected chi connectivity index (χ2v) is 3.77. The molecule has 2 unspecified atom stereocenters. The number of carboxylic acids is 2. The number of ether oxygens (including phenoxy) is 1. The molecule has 0 rings (SSSR count). The maximum absolute atomic E-state index is 10.4. The van der Waals surface area contributed by atoms with Gasteiger partial charge in [0, 0.05) is 7.11 Å². The van der Waals surface area contributed by atoms with Crippen molar-refractivity contribution in [1.29, 1.82) is 0 Å². The van der Waals surface area contributed by atoms with Gasteiger partial charge in [0.25, 0.3) is 10.1 Å². The minimum atomic E-state index is -5.13. The minimum absolute atomic E-state index is 0. The molecule has 8 nitrogen and oxygen atoms in total. The van der Waals surface area contributed by atoms with Gasteiger partial charge < -0.3 is 24.5 Å². The maximum Gasteiger partial charge on any atom is 1.00 e. The molecule has 1 N–H and O–H groups in total. The van der Waals surface area contributed by atoms with Crippen molar-refractivity contribution in [3.05, 3.63) is 0 Å². The Kier molecular flexibility index (Phi) is 18.6. The number of methoxy groups -OCH3 is 1. The topological polar surface area (TPSA) is 144 Å². The fourth-order valence-electron chi connectivity index (χ4n) is 0.745. The van der Waals surface area contributed by atoms with E-state index in [0.29, 0.717) is 0 Å². The molecule has 0 radical (unpaired) electrons. The molecule has 0 saturated carbocycles. The number of carbonyl (C=O) groups is 2. The molecule has 0 bridgehead atoms. The van der Waals surface area contributed by atoms with E-state index in [0.717, 1.165) is 7.11 Å². The third-order valence-corrected chi connectivity index (χ3v) is 2.40. The van der Waals surface area contributed by atoms with Crippen LogP contribution in [0.5, 0.6) is 0 Å². The van der Waals surface area contributed by atoms with Crippen LogP contribution < -0.4 is 98.9 Å². The van der Waals surface area contributed by atoms with E-state index >= 15 is 0 Å². The zero-order valence-corrected chi connectivity index (χ0v) is 16.7. The maximum atomic E-state index is 10.4. The Morgan fingerprint density at radius 3 is 1.53 bits per heavy atom. The van der Waals surface area contributed by atoms with Gasteiger partial charge >= 0.3 is 88.7 Å². The Morgan fingerprint density at radius 1 is 1.12 bits per heavy atom. The van der Waals surface area contributed by atoms with Crippen molar-refractivity contribution in [2.24, 2.45) is 0 Å². The summed E-state index contributed by atoms with van der Waals surface area (Å²) in [6.07, 6.45) is -2.32. The summed E-state index contributed by atoms with van der Waals surface area (Å²) in [6, 6.07) is 0. The van der Waals surface area contributed by atoms with Crippen LogP contribution in [0, 0.1) is 0 Å². The predicted molar refractivity (Wildman–Crippen MR) is 36.1 cm³/mol. The van der Waals surface area contributed by atoms with Crippen LogP contribution in [0.2, 0.25) is 0 Å². The smallest absolute Gasteiger partial charge is 0.549 e. The molecule has 0 fully saturated rings. The quantitative estimate of drug-likeness (QED) is 0.389. The van der Waals surface area contributed by atoms with Crippen molar-refractivity contribution in [3.8, 4) is 0 Å². The first kappa shape index (κ1) is 27.2. The fourth-order valence-corrected chi connectivity index (χ4v) is 1.52. The summed E-state index contributed by atoms with van der Waals surface area (Å²) in [5.41, 5.74) is 0. The molecule has 82 valence electrons. The van der Waals surface area contributed by atoms with E-state index in [9.17, 15) is 28.2 Å². The van der Waals surface area contributed by atoms with Crippen LogP contribution >= 0.6 is 0 Å². The van der Waals surface area contributed by atoms with Gasteiger partial charge in [-0.05, 0) is 0 Å². The second-order valence-electron chi connectivity index (χ2n) is 2.23. The molecule has 0 spiro atoms. The normalized spacial score (nSPS) is 13.1. The number of aliphatic carboxylic acids is 2. The third kappa shape index (κ3) is 9.36. The summed E-state index contributed by atoms with van der Waals surface area (Å²) >= 11 is 0. The second kappa shape index (κ2) is 11.6. The van der Waals surface area contributed by atoms with Gasteiger partial charge in [0.05, 0.1) is 11.9 Å². The Hall–Kier alpha value is 1.81. The summed E-state index contributed by atoms with van der Waals surface area (Å²) in [4.78, 5) is 20.4. The van der Waals surface area contributed by atoms with Gasteiger partial charge in [-0.1, -0.05) is 0 Å². The molecule has 0 heterocycles. The summed E-state index contributed by atoms with van der Waals surface area (Å²) in [7, 11) is -4.38. The Bertz CT molecular complexity index is 341. The molecule has 17 heavy (non-hydrogen) atoms. The van der Waals surface area contributed by atoms with Gasteiger partial charge in [-0.15, -0.1) is 0 Å². The van der Waals surface area contributed by atoms with Crippen molar-refractivity contribution in [2.45, 2.75) is 11.4 Å². The largest absolute Gasteiger partial charge is 1.00 e. The Balaban J connectivity index is -0.000000282. The summed E-state index contributed by atoms with van der Waals surface area (Å²) in [6.45, 7) is 0. The molecule has 0 aliphatic carbocycles. The first-order valence-corrected chi connectivity index (χ1v) is 4.63. The van der Waals surface area contributed by atoms with Crippen LogP contribution in [-0.4, -0.2) is 43.4 Å². The van der Waals surface area contributed by atoms with Gasteiger partial charge in [-0.25, -0.2) is 0 Å². The van der Waals surface area contributed by atoms with Crippen LogP contribution in [0.4, 0.5) is 0 Å². The summed E-state index contributed by atoms with van der Waals surface area (Å²) in [5.74, 6) is -4.37. The minimum Gasteiger partial charge on any atom is -0.549 e. The average Bonchev–Trinajstić information content (AvgIpc) is 1.95. The molecular formula is C5H6Na3O8S+. The van der Waals surface area contributed by atoms with Gasteiger partial charge in [0.1, 0.15) is 6.10 Å². The first-order chi connectivity index (χ1) is 6.21. The van der Waals surface area contributed by atoms with E-state index in [-0.39, 0.29) is 88.7 Å². The molecule has 0 aromatic carbocycles. The first-order valence-electron chi connectivity index (χ1n) is 3.12. The summed E-state index contributed by atoms with van der Waals surface area (Å²) in [5, 5.41) is 17.7. The molecule has 0 aliphatic heterocycles. The average molecular weight is 295 g/mol. The van der Waals surface area contributed by atoms with Gasteiger partial charge in [0.2, 0.25) is 0 Å². The molecule has 0 aromatic heterocycles. The molecule has 2 atom stereocenters. The number of hydrogen-bond donors (Lipinski definition) is 1. The van der Waals surface area contributed by atoms with E-state index in [1.54, 1.807) is 0 Å². The van der Waals surface area contributed by atoms with Crippen molar-refractivity contribution in [1.82, 2.24) is 0 Å². The third-order valence-electron chi connectivity index (χ3n) is 1.31. The van der Waals surface area contributed by atoms with Crippen molar-refractivity contribution < 1.29 is 126 Å². The van der Waals surface area contributed by atoms with Gasteiger partial charge in [0.15, 0.2) is 5.25 Å². The SMILES string of the molecule is COC(C(=O)[O-])C(C(=O)[O-])S(=O)(=O)O.[Na+].[Na+].[Na+]. The van der Waals surface area contributed by atoms with E-state index in [1.807, 2.05) is 0 Å². The number of carbonyl (C=O) groups excluding carboxylic acids is 2. The molecule has 12 heteroatoms. The Labute approximate surface area is 164 Å². The molecular weight excluding hydrogens is 289 g/mol. The van der Waals surface area contributed by atoms with Crippen LogP contribution in [0.3, 0.4) is 0 Å². The fraction of sp³-hybridized carbons (Fsp3) is 0.600. The number of hydrogen-bond acceptors (Lipinski definition) is 7. The van der Waals surface area contributed by atoms with Gasteiger partial charge in [-0.3, -0.25) is 4.55 Å². The van der Waals surface area contributed by atoms with Crippen molar-refractivity contribution >= 4 is 22.1 Å². The number of rotatable bonds is 5. The van der Waals surface area contributed by atoms with Crippen molar-refractivity contribution in [2.75, 3.05) is 7.11 Å². The zero-order valence-electron chi connectivity index (χ0n) is 9.87. The standard InChI is InChI=1S/C5H8O8S.3Na/c1-13-2(4(6)7)3(5(8)9)14(10,11)12;;;/h2-3H,1H3,(H,6,7)(H,8,9)(H,10,11,12);;;/q;3*+1/p-2. The van der Waals surface area contributed by atoms with Gasteiger partial charge in [-0.2, -0.15) is 8.42 Å². The molecule has 0 saturated heterocycles.